The van der Waals surface area contributed by atoms with E-state index < -0.39 is 0 Å². The predicted octanol–water partition coefficient (Wildman–Crippen LogP) is 5.41. The number of aromatic amines is 1. The lowest BCUT2D eigenvalue weighted by atomic mass is 10.1. The monoisotopic (exact) mass is 355 g/mol. The minimum Gasteiger partial charge on any atom is -0.338 e. The normalized spacial score (nSPS) is 10.9. The molecule has 0 atom stereocenters. The van der Waals surface area contributed by atoms with E-state index in [4.69, 9.17) is 0 Å². The third-order valence-corrected chi connectivity index (χ3v) is 4.69. The van der Waals surface area contributed by atoms with E-state index in [1.165, 1.54) is 11.1 Å². The number of rotatable bonds is 3. The Labute approximate surface area is 158 Å². The minimum atomic E-state index is -0.117. The third-order valence-electron chi connectivity index (χ3n) is 4.69. The number of nitrogens with one attached hydrogen (secondary N) is 2. The van der Waals surface area contributed by atoms with Crippen LogP contribution in [-0.4, -0.2) is 15.9 Å². The molecule has 3 aromatic carbocycles. The summed E-state index contributed by atoms with van der Waals surface area (Å²) in [5.41, 5.74) is 7.78. The molecule has 2 N–H and O–H groups in total. The Morgan fingerprint density at radius 1 is 0.889 bits per heavy atom. The molecule has 0 fully saturated rings. The first-order chi connectivity index (χ1) is 13.0. The number of anilines is 1. The highest BCUT2D eigenvalue weighted by molar-refractivity contribution is 6.04. The maximum Gasteiger partial charge on any atom is 0.255 e. The van der Waals surface area contributed by atoms with Crippen molar-refractivity contribution < 1.29 is 4.79 Å². The van der Waals surface area contributed by atoms with Crippen LogP contribution in [0.25, 0.3) is 22.4 Å². The summed E-state index contributed by atoms with van der Waals surface area (Å²) in [6, 6.07) is 19.6. The molecule has 0 aliphatic heterocycles. The number of nitrogens with zero attached hydrogens (tertiary/aromatic N) is 1. The highest BCUT2D eigenvalue weighted by Gasteiger charge is 2.10. The predicted molar refractivity (Wildman–Crippen MR) is 110 cm³/mol. The molecular formula is C23H21N3O. The van der Waals surface area contributed by atoms with Gasteiger partial charge in [0.2, 0.25) is 0 Å². The second-order valence-electron chi connectivity index (χ2n) is 6.96. The Morgan fingerprint density at radius 3 is 2.33 bits per heavy atom. The standard InChI is InChI=1S/C23H21N3O/c1-14-4-10-19(16(3)12-14)26-23(27)18-8-6-17(7-9-18)22-24-20-11-5-15(2)13-21(20)25-22/h4-13H,1-3H3,(H,24,25)(H,26,27). The first kappa shape index (κ1) is 17.0. The lowest BCUT2D eigenvalue weighted by molar-refractivity contribution is 0.102. The van der Waals surface area contributed by atoms with E-state index in [1.54, 1.807) is 0 Å². The van der Waals surface area contributed by atoms with Gasteiger partial charge in [-0.1, -0.05) is 35.9 Å². The van der Waals surface area contributed by atoms with Crippen molar-refractivity contribution in [2.45, 2.75) is 20.8 Å². The molecule has 27 heavy (non-hydrogen) atoms. The maximum atomic E-state index is 12.5. The van der Waals surface area contributed by atoms with E-state index in [9.17, 15) is 4.79 Å². The Bertz CT molecular complexity index is 1140. The van der Waals surface area contributed by atoms with Crippen molar-refractivity contribution >= 4 is 22.6 Å². The number of imidazole rings is 1. The molecule has 0 radical (unpaired) electrons. The fourth-order valence-electron chi connectivity index (χ4n) is 3.19. The van der Waals surface area contributed by atoms with Gasteiger partial charge in [-0.25, -0.2) is 4.98 Å². The van der Waals surface area contributed by atoms with Crippen molar-refractivity contribution in [3.63, 3.8) is 0 Å². The van der Waals surface area contributed by atoms with Gasteiger partial charge in [-0.3, -0.25) is 4.79 Å². The number of aromatic nitrogens is 2. The van der Waals surface area contributed by atoms with Crippen LogP contribution in [0.15, 0.2) is 60.7 Å². The van der Waals surface area contributed by atoms with Gasteiger partial charge in [0.25, 0.3) is 5.91 Å². The fourth-order valence-corrected chi connectivity index (χ4v) is 3.19. The Hall–Kier alpha value is -3.40. The average molecular weight is 355 g/mol. The summed E-state index contributed by atoms with van der Waals surface area (Å²) in [6.07, 6.45) is 0. The third kappa shape index (κ3) is 3.47. The largest absolute Gasteiger partial charge is 0.338 e. The smallest absolute Gasteiger partial charge is 0.255 e. The van der Waals surface area contributed by atoms with Crippen LogP contribution in [0.1, 0.15) is 27.0 Å². The van der Waals surface area contributed by atoms with Crippen LogP contribution in [0.4, 0.5) is 5.69 Å². The summed E-state index contributed by atoms with van der Waals surface area (Å²) < 4.78 is 0. The molecule has 1 aromatic heterocycles. The first-order valence-electron chi connectivity index (χ1n) is 8.95. The lowest BCUT2D eigenvalue weighted by Gasteiger charge is -2.09. The molecule has 4 nitrogen and oxygen atoms in total. The molecule has 1 heterocycles. The molecule has 0 bridgehead atoms. The number of fused-ring (bicyclic) bond motifs is 1. The van der Waals surface area contributed by atoms with Gasteiger partial charge in [-0.2, -0.15) is 0 Å². The zero-order chi connectivity index (χ0) is 19.0. The van der Waals surface area contributed by atoms with Gasteiger partial charge in [0, 0.05) is 16.8 Å². The van der Waals surface area contributed by atoms with Crippen molar-refractivity contribution in [3.8, 4) is 11.4 Å². The fraction of sp³-hybridized carbons (Fsp3) is 0.130. The second-order valence-corrected chi connectivity index (χ2v) is 6.96. The van der Waals surface area contributed by atoms with Crippen LogP contribution in [0.5, 0.6) is 0 Å². The Kier molecular flexibility index (Phi) is 4.24. The number of amides is 1. The van der Waals surface area contributed by atoms with E-state index in [-0.39, 0.29) is 5.91 Å². The molecule has 4 rings (SSSR count). The summed E-state index contributed by atoms with van der Waals surface area (Å²) in [5, 5.41) is 2.98. The highest BCUT2D eigenvalue weighted by atomic mass is 16.1. The molecule has 0 saturated carbocycles. The van der Waals surface area contributed by atoms with Gasteiger partial charge < -0.3 is 10.3 Å². The summed E-state index contributed by atoms with van der Waals surface area (Å²) in [7, 11) is 0. The Balaban J connectivity index is 1.56. The molecular weight excluding hydrogens is 334 g/mol. The van der Waals surface area contributed by atoms with Gasteiger partial charge in [0.15, 0.2) is 0 Å². The van der Waals surface area contributed by atoms with E-state index in [2.05, 4.69) is 34.3 Å². The quantitative estimate of drug-likeness (QED) is 0.516. The summed E-state index contributed by atoms with van der Waals surface area (Å²) >= 11 is 0. The molecule has 4 aromatic rings. The number of H-pyrrole nitrogens is 1. The second kappa shape index (κ2) is 6.72. The van der Waals surface area contributed by atoms with Crippen molar-refractivity contribution in [1.82, 2.24) is 9.97 Å². The molecule has 0 aliphatic carbocycles. The molecule has 0 unspecified atom stereocenters. The molecule has 0 spiro atoms. The number of carbonyl (C=O) groups excluding carboxylic acids is 1. The van der Waals surface area contributed by atoms with Crippen LogP contribution in [-0.2, 0) is 0 Å². The number of benzene rings is 3. The number of aryl methyl sites for hydroxylation is 3. The maximum absolute atomic E-state index is 12.5. The van der Waals surface area contributed by atoms with Crippen molar-refractivity contribution in [3.05, 3.63) is 82.9 Å². The summed E-state index contributed by atoms with van der Waals surface area (Å²) in [4.78, 5) is 20.5. The van der Waals surface area contributed by atoms with E-state index >= 15 is 0 Å². The van der Waals surface area contributed by atoms with Crippen molar-refractivity contribution in [2.75, 3.05) is 5.32 Å². The zero-order valence-corrected chi connectivity index (χ0v) is 15.6. The van der Waals surface area contributed by atoms with Crippen molar-refractivity contribution in [1.29, 1.82) is 0 Å². The van der Waals surface area contributed by atoms with Crippen LogP contribution in [0.2, 0.25) is 0 Å². The van der Waals surface area contributed by atoms with Gasteiger partial charge >= 0.3 is 0 Å². The minimum absolute atomic E-state index is 0.117. The molecule has 0 saturated heterocycles. The zero-order valence-electron chi connectivity index (χ0n) is 15.6. The van der Waals surface area contributed by atoms with Crippen molar-refractivity contribution in [2.24, 2.45) is 0 Å². The summed E-state index contributed by atoms with van der Waals surface area (Å²) in [6.45, 7) is 6.09. The number of carbonyl (C=O) groups is 1. The van der Waals surface area contributed by atoms with Crippen LogP contribution in [0, 0.1) is 20.8 Å². The van der Waals surface area contributed by atoms with Crippen LogP contribution in [0.3, 0.4) is 0 Å². The first-order valence-corrected chi connectivity index (χ1v) is 8.95. The topological polar surface area (TPSA) is 57.8 Å². The van der Waals surface area contributed by atoms with Gasteiger partial charge in [-0.05, 0) is 62.2 Å². The summed E-state index contributed by atoms with van der Waals surface area (Å²) in [5.74, 6) is 0.686. The highest BCUT2D eigenvalue weighted by Crippen LogP contribution is 2.22. The van der Waals surface area contributed by atoms with Crippen LogP contribution < -0.4 is 5.32 Å². The van der Waals surface area contributed by atoms with Crippen LogP contribution >= 0.6 is 0 Å². The lowest BCUT2D eigenvalue weighted by Crippen LogP contribution is -2.12. The van der Waals surface area contributed by atoms with Gasteiger partial charge in [-0.15, -0.1) is 0 Å². The number of hydrogen-bond donors (Lipinski definition) is 2. The molecule has 0 aliphatic rings. The Morgan fingerprint density at radius 2 is 1.59 bits per heavy atom. The number of hydrogen-bond acceptors (Lipinski definition) is 2. The molecule has 134 valence electrons. The molecule has 1 amide bonds. The van der Waals surface area contributed by atoms with Gasteiger partial charge in [0.05, 0.1) is 11.0 Å². The SMILES string of the molecule is Cc1ccc(NC(=O)c2ccc(-c3nc4ccc(C)cc4[nH]3)cc2)c(C)c1. The van der Waals surface area contributed by atoms with E-state index in [1.807, 2.05) is 62.4 Å². The van der Waals surface area contributed by atoms with E-state index in [0.29, 0.717) is 5.56 Å². The van der Waals surface area contributed by atoms with Gasteiger partial charge in [0.1, 0.15) is 5.82 Å². The van der Waals surface area contributed by atoms with E-state index in [0.717, 1.165) is 33.7 Å². The average Bonchev–Trinajstić information content (AvgIpc) is 3.07. The molecule has 4 heteroatoms.